The standard InChI is InChI=1S/C24H25N5O6S/c1-35-19-9-3-6-16(12-19)23(32)28-21(14-22(30)31)15-5-2-8-18(11-15)29-36(33,34)20-10-4-7-17(13-20)27-24(25)26/h2-13,21,29H,14H2,1H3,(H,28,32)(H,30,31)(H4,25,26,27). The fourth-order valence-electron chi connectivity index (χ4n) is 3.33. The highest BCUT2D eigenvalue weighted by atomic mass is 32.2. The summed E-state index contributed by atoms with van der Waals surface area (Å²) in [5.74, 6) is -1.40. The van der Waals surface area contributed by atoms with Crippen molar-refractivity contribution in [2.75, 3.05) is 11.8 Å². The van der Waals surface area contributed by atoms with Gasteiger partial charge in [-0.3, -0.25) is 14.3 Å². The molecule has 11 nitrogen and oxygen atoms in total. The van der Waals surface area contributed by atoms with Crippen molar-refractivity contribution in [3.63, 3.8) is 0 Å². The van der Waals surface area contributed by atoms with Gasteiger partial charge < -0.3 is 26.6 Å². The van der Waals surface area contributed by atoms with Crippen molar-refractivity contribution < 1.29 is 27.9 Å². The molecule has 1 unspecified atom stereocenters. The second kappa shape index (κ2) is 11.2. The molecule has 7 N–H and O–H groups in total. The molecule has 0 aromatic heterocycles. The van der Waals surface area contributed by atoms with E-state index < -0.39 is 34.4 Å². The second-order valence-electron chi connectivity index (χ2n) is 7.62. The number of ether oxygens (including phenoxy) is 1. The second-order valence-corrected chi connectivity index (χ2v) is 9.30. The van der Waals surface area contributed by atoms with Crippen LogP contribution in [0.1, 0.15) is 28.4 Å². The Morgan fingerprint density at radius 1 is 1.03 bits per heavy atom. The third kappa shape index (κ3) is 6.96. The van der Waals surface area contributed by atoms with E-state index in [2.05, 4.69) is 15.0 Å². The van der Waals surface area contributed by atoms with Crippen LogP contribution in [0.15, 0.2) is 82.7 Å². The third-order valence-corrected chi connectivity index (χ3v) is 6.32. The molecule has 188 valence electrons. The maximum absolute atomic E-state index is 12.9. The average molecular weight is 512 g/mol. The van der Waals surface area contributed by atoms with Gasteiger partial charge in [0, 0.05) is 11.3 Å². The molecule has 1 amide bonds. The van der Waals surface area contributed by atoms with Crippen LogP contribution in [-0.2, 0) is 14.8 Å². The number of aliphatic imine (C=N–C) groups is 1. The quantitative estimate of drug-likeness (QED) is 0.203. The van der Waals surface area contributed by atoms with E-state index in [1.807, 2.05) is 0 Å². The fraction of sp³-hybridized carbons (Fsp3) is 0.125. The highest BCUT2D eigenvalue weighted by Crippen LogP contribution is 2.25. The molecule has 0 radical (unpaired) electrons. The fourth-order valence-corrected chi connectivity index (χ4v) is 4.42. The number of carbonyl (C=O) groups excluding carboxylic acids is 1. The minimum Gasteiger partial charge on any atom is -0.497 e. The number of anilines is 1. The monoisotopic (exact) mass is 511 g/mol. The van der Waals surface area contributed by atoms with Crippen LogP contribution < -0.4 is 26.2 Å². The number of methoxy groups -OCH3 is 1. The maximum Gasteiger partial charge on any atom is 0.305 e. The van der Waals surface area contributed by atoms with E-state index in [1.54, 1.807) is 36.4 Å². The summed E-state index contributed by atoms with van der Waals surface area (Å²) >= 11 is 0. The van der Waals surface area contributed by atoms with Crippen molar-refractivity contribution in [3.05, 3.63) is 83.9 Å². The topological polar surface area (TPSA) is 186 Å². The van der Waals surface area contributed by atoms with Crippen molar-refractivity contribution in [2.45, 2.75) is 17.4 Å². The van der Waals surface area contributed by atoms with Crippen LogP contribution in [0, 0.1) is 0 Å². The van der Waals surface area contributed by atoms with Crippen LogP contribution in [0.5, 0.6) is 5.75 Å². The summed E-state index contributed by atoms with van der Waals surface area (Å²) in [7, 11) is -2.56. The van der Waals surface area contributed by atoms with Gasteiger partial charge >= 0.3 is 5.97 Å². The summed E-state index contributed by atoms with van der Waals surface area (Å²) in [6.07, 6.45) is -0.424. The number of benzene rings is 3. The van der Waals surface area contributed by atoms with Gasteiger partial charge in [0.15, 0.2) is 5.96 Å². The lowest BCUT2D eigenvalue weighted by atomic mass is 10.0. The first-order valence-corrected chi connectivity index (χ1v) is 12.0. The highest BCUT2D eigenvalue weighted by Gasteiger charge is 2.21. The Kier molecular flexibility index (Phi) is 8.12. The number of carbonyl (C=O) groups is 2. The zero-order chi connectivity index (χ0) is 26.3. The Morgan fingerprint density at radius 2 is 1.75 bits per heavy atom. The molecule has 3 aromatic rings. The molecule has 3 aromatic carbocycles. The predicted octanol–water partition coefficient (Wildman–Crippen LogP) is 2.35. The summed E-state index contributed by atoms with van der Waals surface area (Å²) in [6.45, 7) is 0. The SMILES string of the molecule is COc1cccc(C(=O)NC(CC(=O)O)c2cccc(NS(=O)(=O)c3cccc(N=C(N)N)c3)c2)c1. The Bertz CT molecular complexity index is 1400. The summed E-state index contributed by atoms with van der Waals surface area (Å²) < 4.78 is 33.4. The molecule has 0 aliphatic heterocycles. The van der Waals surface area contributed by atoms with Gasteiger partial charge in [0.1, 0.15) is 5.75 Å². The van der Waals surface area contributed by atoms with Crippen molar-refractivity contribution in [3.8, 4) is 5.75 Å². The van der Waals surface area contributed by atoms with Gasteiger partial charge in [-0.05, 0) is 54.1 Å². The van der Waals surface area contributed by atoms with Gasteiger partial charge in [0.25, 0.3) is 15.9 Å². The smallest absolute Gasteiger partial charge is 0.305 e. The molecular formula is C24H25N5O6S. The number of hydrogen-bond acceptors (Lipinski definition) is 6. The maximum atomic E-state index is 12.9. The molecule has 0 heterocycles. The first-order chi connectivity index (χ1) is 17.1. The van der Waals surface area contributed by atoms with E-state index in [1.165, 1.54) is 43.5 Å². The van der Waals surface area contributed by atoms with E-state index >= 15 is 0 Å². The first kappa shape index (κ1) is 26.0. The van der Waals surface area contributed by atoms with Crippen LogP contribution >= 0.6 is 0 Å². The lowest BCUT2D eigenvalue weighted by Crippen LogP contribution is -2.30. The Morgan fingerprint density at radius 3 is 2.44 bits per heavy atom. The molecule has 36 heavy (non-hydrogen) atoms. The van der Waals surface area contributed by atoms with Gasteiger partial charge in [-0.1, -0.05) is 24.3 Å². The normalized spacial score (nSPS) is 11.7. The van der Waals surface area contributed by atoms with Gasteiger partial charge in [0.05, 0.1) is 30.2 Å². The van der Waals surface area contributed by atoms with Crippen LogP contribution in [-0.4, -0.2) is 38.5 Å². The zero-order valence-electron chi connectivity index (χ0n) is 19.2. The van der Waals surface area contributed by atoms with Gasteiger partial charge in [-0.2, -0.15) is 0 Å². The summed E-state index contributed by atoms with van der Waals surface area (Å²) in [6, 6.07) is 17.3. The molecule has 0 saturated carbocycles. The molecule has 1 atom stereocenters. The number of nitrogens with two attached hydrogens (primary N) is 2. The third-order valence-electron chi connectivity index (χ3n) is 4.94. The summed E-state index contributed by atoms with van der Waals surface area (Å²) in [5.41, 5.74) is 11.8. The van der Waals surface area contributed by atoms with E-state index in [0.717, 1.165) is 0 Å². The Balaban J connectivity index is 1.86. The van der Waals surface area contributed by atoms with Crippen molar-refractivity contribution in [2.24, 2.45) is 16.5 Å². The number of aliphatic carboxylic acids is 1. The number of hydrogen-bond donors (Lipinski definition) is 5. The molecule has 0 fully saturated rings. The molecule has 3 rings (SSSR count). The molecule has 0 bridgehead atoms. The molecular weight excluding hydrogens is 486 g/mol. The van der Waals surface area contributed by atoms with E-state index in [-0.39, 0.29) is 27.8 Å². The van der Waals surface area contributed by atoms with Crippen molar-refractivity contribution in [1.29, 1.82) is 0 Å². The highest BCUT2D eigenvalue weighted by molar-refractivity contribution is 7.92. The van der Waals surface area contributed by atoms with Crippen LogP contribution in [0.3, 0.4) is 0 Å². The van der Waals surface area contributed by atoms with Gasteiger partial charge in [-0.15, -0.1) is 0 Å². The van der Waals surface area contributed by atoms with Gasteiger partial charge in [-0.25, -0.2) is 13.4 Å². The summed E-state index contributed by atoms with van der Waals surface area (Å²) in [4.78, 5) is 28.0. The van der Waals surface area contributed by atoms with Crippen LogP contribution in [0.25, 0.3) is 0 Å². The average Bonchev–Trinajstić information content (AvgIpc) is 2.83. The molecule has 0 aliphatic carbocycles. The number of carboxylic acid groups (broad SMARTS) is 1. The molecule has 0 saturated heterocycles. The number of amides is 1. The molecule has 0 aliphatic rings. The summed E-state index contributed by atoms with van der Waals surface area (Å²) in [5, 5.41) is 12.1. The Labute approximate surface area is 207 Å². The molecule has 0 spiro atoms. The number of nitrogens with zero attached hydrogens (tertiary/aromatic N) is 1. The van der Waals surface area contributed by atoms with E-state index in [0.29, 0.717) is 11.3 Å². The lowest BCUT2D eigenvalue weighted by molar-refractivity contribution is -0.137. The van der Waals surface area contributed by atoms with E-state index in [4.69, 9.17) is 16.2 Å². The van der Waals surface area contributed by atoms with Crippen LogP contribution in [0.4, 0.5) is 11.4 Å². The van der Waals surface area contributed by atoms with Crippen molar-refractivity contribution in [1.82, 2.24) is 5.32 Å². The van der Waals surface area contributed by atoms with E-state index in [9.17, 15) is 23.1 Å². The predicted molar refractivity (Wildman–Crippen MR) is 135 cm³/mol. The largest absolute Gasteiger partial charge is 0.497 e. The number of sulfonamides is 1. The number of carboxylic acids is 1. The van der Waals surface area contributed by atoms with Crippen LogP contribution in [0.2, 0.25) is 0 Å². The minimum atomic E-state index is -4.03. The van der Waals surface area contributed by atoms with Gasteiger partial charge in [0.2, 0.25) is 0 Å². The molecule has 12 heteroatoms. The number of rotatable bonds is 10. The number of nitrogens with one attached hydrogen (secondary N) is 2. The zero-order valence-corrected chi connectivity index (χ0v) is 20.0. The Hall–Kier alpha value is -4.58. The van der Waals surface area contributed by atoms with Crippen molar-refractivity contribution >= 4 is 39.2 Å². The number of guanidine groups is 1. The first-order valence-electron chi connectivity index (χ1n) is 10.6. The minimum absolute atomic E-state index is 0.0798. The lowest BCUT2D eigenvalue weighted by Gasteiger charge is -2.19.